The predicted molar refractivity (Wildman–Crippen MR) is 64.4 cm³/mol. The van der Waals surface area contributed by atoms with Crippen LogP contribution in [0.3, 0.4) is 0 Å². The molecule has 2 rings (SSSR count). The largest absolute Gasteiger partial charge is 0.360 e. The van der Waals surface area contributed by atoms with Crippen LogP contribution < -0.4 is 5.32 Å². The first-order chi connectivity index (χ1) is 7.25. The van der Waals surface area contributed by atoms with E-state index in [0.29, 0.717) is 5.92 Å². The Labute approximate surface area is 95.5 Å². The fourth-order valence-electron chi connectivity index (χ4n) is 1.53. The van der Waals surface area contributed by atoms with Crippen molar-refractivity contribution in [1.29, 1.82) is 0 Å². The minimum Gasteiger partial charge on any atom is -0.360 e. The molecule has 1 aliphatic rings. The van der Waals surface area contributed by atoms with Gasteiger partial charge in [0, 0.05) is 24.0 Å². The summed E-state index contributed by atoms with van der Waals surface area (Å²) < 4.78 is 4.31. The van der Waals surface area contributed by atoms with E-state index in [1.54, 1.807) is 0 Å². The highest BCUT2D eigenvalue weighted by atomic mass is 32.1. The molecule has 4 heteroatoms. The summed E-state index contributed by atoms with van der Waals surface area (Å²) in [4.78, 5) is 4.44. The van der Waals surface area contributed by atoms with Crippen molar-refractivity contribution in [2.24, 2.45) is 5.92 Å². The first-order valence-corrected chi connectivity index (χ1v) is 6.60. The summed E-state index contributed by atoms with van der Waals surface area (Å²) in [6.45, 7) is 5.29. The van der Waals surface area contributed by atoms with Crippen molar-refractivity contribution in [3.63, 3.8) is 0 Å². The molecule has 1 aromatic heterocycles. The third kappa shape index (κ3) is 3.45. The molecular formula is C11H19N3S. The lowest BCUT2D eigenvalue weighted by Gasteiger charge is -2.00. The van der Waals surface area contributed by atoms with E-state index in [1.165, 1.54) is 37.2 Å². The van der Waals surface area contributed by atoms with Crippen LogP contribution in [0.25, 0.3) is 0 Å². The van der Waals surface area contributed by atoms with Crippen LogP contribution in [0.4, 0.5) is 5.13 Å². The summed E-state index contributed by atoms with van der Waals surface area (Å²) in [5.41, 5.74) is 0. The molecule has 1 fully saturated rings. The van der Waals surface area contributed by atoms with Gasteiger partial charge in [0.2, 0.25) is 5.13 Å². The first kappa shape index (κ1) is 10.9. The second-order valence-electron chi connectivity index (χ2n) is 4.62. The molecule has 1 aliphatic carbocycles. The molecule has 0 aromatic carbocycles. The Morgan fingerprint density at radius 2 is 2.27 bits per heavy atom. The lowest BCUT2D eigenvalue weighted by molar-refractivity contribution is 0.687. The Bertz CT molecular complexity index is 305. The smallest absolute Gasteiger partial charge is 0.202 e. The van der Waals surface area contributed by atoms with Crippen LogP contribution in [0, 0.1) is 5.92 Å². The predicted octanol–water partition coefficient (Wildman–Crippen LogP) is 3.26. The highest BCUT2D eigenvalue weighted by Gasteiger charge is 2.20. The van der Waals surface area contributed by atoms with E-state index < -0.39 is 0 Å². The van der Waals surface area contributed by atoms with E-state index in [0.717, 1.165) is 23.4 Å². The molecule has 0 bridgehead atoms. The highest BCUT2D eigenvalue weighted by Crippen LogP contribution is 2.33. The minimum absolute atomic E-state index is 0.434. The van der Waals surface area contributed by atoms with Crippen LogP contribution in [0.1, 0.15) is 51.3 Å². The van der Waals surface area contributed by atoms with Gasteiger partial charge in [-0.15, -0.1) is 0 Å². The van der Waals surface area contributed by atoms with Crippen molar-refractivity contribution in [3.05, 3.63) is 5.82 Å². The van der Waals surface area contributed by atoms with Gasteiger partial charge < -0.3 is 5.32 Å². The molecule has 1 saturated carbocycles. The Morgan fingerprint density at radius 1 is 1.47 bits per heavy atom. The topological polar surface area (TPSA) is 37.8 Å². The minimum atomic E-state index is 0.434. The van der Waals surface area contributed by atoms with Crippen LogP contribution in [0.15, 0.2) is 0 Å². The first-order valence-electron chi connectivity index (χ1n) is 5.83. The second-order valence-corrected chi connectivity index (χ2v) is 5.38. The number of aromatic nitrogens is 2. The fraction of sp³-hybridized carbons (Fsp3) is 0.818. The lowest BCUT2D eigenvalue weighted by atomic mass is 10.2. The Hall–Kier alpha value is -0.640. The Balaban J connectivity index is 1.67. The van der Waals surface area contributed by atoms with Crippen molar-refractivity contribution >= 4 is 16.7 Å². The Kier molecular flexibility index (Phi) is 3.57. The SMILES string of the molecule is CC(C)c1nsc(NCCCC2CC2)n1. The molecule has 0 saturated heterocycles. The number of rotatable bonds is 6. The molecule has 0 atom stereocenters. The van der Waals surface area contributed by atoms with Gasteiger partial charge in [0.15, 0.2) is 0 Å². The molecule has 1 N–H and O–H groups in total. The number of nitrogens with one attached hydrogen (secondary N) is 1. The van der Waals surface area contributed by atoms with Crippen LogP contribution in [-0.4, -0.2) is 15.9 Å². The van der Waals surface area contributed by atoms with Crippen molar-refractivity contribution in [2.75, 3.05) is 11.9 Å². The quantitative estimate of drug-likeness (QED) is 0.755. The van der Waals surface area contributed by atoms with Gasteiger partial charge in [-0.05, 0) is 18.8 Å². The number of hydrogen-bond donors (Lipinski definition) is 1. The van der Waals surface area contributed by atoms with Crippen molar-refractivity contribution in [2.45, 2.75) is 45.4 Å². The maximum Gasteiger partial charge on any atom is 0.202 e. The molecule has 0 spiro atoms. The standard InChI is InChI=1S/C11H19N3S/c1-8(2)10-13-11(15-14-10)12-7-3-4-9-5-6-9/h8-9H,3-7H2,1-2H3,(H,12,13,14). The van der Waals surface area contributed by atoms with Gasteiger partial charge >= 0.3 is 0 Å². The van der Waals surface area contributed by atoms with Gasteiger partial charge in [0.25, 0.3) is 0 Å². The molecule has 84 valence electrons. The zero-order valence-corrected chi connectivity index (χ0v) is 10.3. The third-order valence-corrected chi connectivity index (χ3v) is 3.41. The van der Waals surface area contributed by atoms with Crippen molar-refractivity contribution in [1.82, 2.24) is 9.36 Å². The van der Waals surface area contributed by atoms with E-state index in [4.69, 9.17) is 0 Å². The van der Waals surface area contributed by atoms with Crippen LogP contribution >= 0.6 is 11.5 Å². The zero-order valence-electron chi connectivity index (χ0n) is 9.49. The average Bonchev–Trinajstić information content (AvgIpc) is 2.90. The maximum atomic E-state index is 4.44. The van der Waals surface area contributed by atoms with E-state index in [-0.39, 0.29) is 0 Å². The zero-order chi connectivity index (χ0) is 10.7. The summed E-state index contributed by atoms with van der Waals surface area (Å²) in [6.07, 6.45) is 5.55. The lowest BCUT2D eigenvalue weighted by Crippen LogP contribution is -2.01. The normalized spacial score (nSPS) is 15.9. The summed E-state index contributed by atoms with van der Waals surface area (Å²) in [7, 11) is 0. The fourth-order valence-corrected chi connectivity index (χ4v) is 2.27. The van der Waals surface area contributed by atoms with E-state index in [1.807, 2.05) is 0 Å². The molecular weight excluding hydrogens is 206 g/mol. The van der Waals surface area contributed by atoms with Gasteiger partial charge in [-0.2, -0.15) is 4.37 Å². The van der Waals surface area contributed by atoms with Crippen LogP contribution in [-0.2, 0) is 0 Å². The van der Waals surface area contributed by atoms with E-state index in [9.17, 15) is 0 Å². The van der Waals surface area contributed by atoms with Gasteiger partial charge in [-0.1, -0.05) is 26.7 Å². The van der Waals surface area contributed by atoms with Crippen LogP contribution in [0.2, 0.25) is 0 Å². The van der Waals surface area contributed by atoms with E-state index in [2.05, 4.69) is 28.5 Å². The number of anilines is 1. The molecule has 0 radical (unpaired) electrons. The monoisotopic (exact) mass is 225 g/mol. The van der Waals surface area contributed by atoms with Crippen molar-refractivity contribution in [3.8, 4) is 0 Å². The molecule has 15 heavy (non-hydrogen) atoms. The summed E-state index contributed by atoms with van der Waals surface area (Å²) >= 11 is 1.48. The van der Waals surface area contributed by atoms with Crippen molar-refractivity contribution < 1.29 is 0 Å². The summed E-state index contributed by atoms with van der Waals surface area (Å²) in [5.74, 6) is 2.43. The molecule has 0 aliphatic heterocycles. The third-order valence-electron chi connectivity index (χ3n) is 2.72. The molecule has 0 unspecified atom stereocenters. The molecule has 3 nitrogen and oxygen atoms in total. The van der Waals surface area contributed by atoms with Crippen LogP contribution in [0.5, 0.6) is 0 Å². The van der Waals surface area contributed by atoms with Gasteiger partial charge in [-0.3, -0.25) is 0 Å². The molecule has 1 heterocycles. The van der Waals surface area contributed by atoms with Gasteiger partial charge in [-0.25, -0.2) is 4.98 Å². The van der Waals surface area contributed by atoms with E-state index >= 15 is 0 Å². The highest BCUT2D eigenvalue weighted by molar-refractivity contribution is 7.09. The number of hydrogen-bond acceptors (Lipinski definition) is 4. The maximum absolute atomic E-state index is 4.44. The molecule has 1 aromatic rings. The average molecular weight is 225 g/mol. The van der Waals surface area contributed by atoms with Gasteiger partial charge in [0.05, 0.1) is 0 Å². The summed E-state index contributed by atoms with van der Waals surface area (Å²) in [6, 6.07) is 0. The van der Waals surface area contributed by atoms with Gasteiger partial charge in [0.1, 0.15) is 5.82 Å². The number of nitrogens with zero attached hydrogens (tertiary/aromatic N) is 2. The summed E-state index contributed by atoms with van der Waals surface area (Å²) in [5, 5.41) is 4.33. The molecule has 0 amide bonds. The Morgan fingerprint density at radius 3 is 2.87 bits per heavy atom. The second kappa shape index (κ2) is 4.92.